The van der Waals surface area contributed by atoms with Crippen LogP contribution in [-0.4, -0.2) is 43.9 Å². The van der Waals surface area contributed by atoms with Crippen LogP contribution in [-0.2, 0) is 37.9 Å². The van der Waals surface area contributed by atoms with E-state index in [2.05, 4.69) is 0 Å². The minimum atomic E-state index is -3.77. The fraction of sp³-hybridized carbons (Fsp3) is 1.00. The molecule has 1 atom stereocenters. The SMILES string of the molecule is B.CCOO[Si](OOCC)(OOCC)OOCC.P. The van der Waals surface area contributed by atoms with Gasteiger partial charge in [-0.05, 0) is 27.7 Å². The Morgan fingerprint density at radius 1 is 0.579 bits per heavy atom. The van der Waals surface area contributed by atoms with Crippen molar-refractivity contribution in [2.24, 2.45) is 0 Å². The van der Waals surface area contributed by atoms with Gasteiger partial charge in [0.05, 0.1) is 34.8 Å². The van der Waals surface area contributed by atoms with E-state index in [-0.39, 0.29) is 44.7 Å². The molecule has 118 valence electrons. The molecule has 0 aliphatic heterocycles. The van der Waals surface area contributed by atoms with Crippen LogP contribution in [0.1, 0.15) is 27.7 Å². The van der Waals surface area contributed by atoms with Gasteiger partial charge in [-0.2, -0.15) is 28.2 Å². The number of rotatable bonds is 12. The van der Waals surface area contributed by atoms with E-state index >= 15 is 0 Å². The smallest absolute Gasteiger partial charge is 0.242 e. The van der Waals surface area contributed by atoms with Crippen LogP contribution < -0.4 is 0 Å². The monoisotopic (exact) mass is 320 g/mol. The maximum absolute atomic E-state index is 4.88. The van der Waals surface area contributed by atoms with Crippen LogP contribution in [0.5, 0.6) is 0 Å². The summed E-state index contributed by atoms with van der Waals surface area (Å²) in [5.41, 5.74) is 0. The summed E-state index contributed by atoms with van der Waals surface area (Å²) in [5.74, 6) is 0. The Kier molecular flexibility index (Phi) is 21.1. The van der Waals surface area contributed by atoms with Crippen LogP contribution in [0.25, 0.3) is 0 Å². The highest BCUT2D eigenvalue weighted by Gasteiger charge is 2.54. The molecule has 0 radical (unpaired) electrons. The fourth-order valence-electron chi connectivity index (χ4n) is 0.608. The first-order valence-electron chi connectivity index (χ1n) is 5.47. The van der Waals surface area contributed by atoms with Crippen molar-refractivity contribution in [2.75, 3.05) is 26.4 Å². The first kappa shape index (κ1) is 24.4. The lowest BCUT2D eigenvalue weighted by molar-refractivity contribution is -0.425. The van der Waals surface area contributed by atoms with Gasteiger partial charge in [-0.25, -0.2) is 19.6 Å². The van der Waals surface area contributed by atoms with Crippen molar-refractivity contribution in [3.63, 3.8) is 0 Å². The maximum atomic E-state index is 4.88. The zero-order valence-electron chi connectivity index (χ0n) is 11.3. The van der Waals surface area contributed by atoms with Crippen molar-refractivity contribution >= 4 is 27.4 Å². The van der Waals surface area contributed by atoms with Crippen molar-refractivity contribution in [2.45, 2.75) is 27.7 Å². The van der Waals surface area contributed by atoms with E-state index in [9.17, 15) is 0 Å². The second-order valence-electron chi connectivity index (χ2n) is 2.46. The molecule has 0 rings (SSSR count). The molecular formula is C8H26BO8PSi. The molecule has 0 amide bonds. The molecule has 0 heterocycles. The Bertz CT molecular complexity index is 143. The zero-order chi connectivity index (χ0) is 13.0. The van der Waals surface area contributed by atoms with E-state index in [1.54, 1.807) is 27.7 Å². The minimum absolute atomic E-state index is 0. The van der Waals surface area contributed by atoms with Gasteiger partial charge < -0.3 is 0 Å². The molecule has 19 heavy (non-hydrogen) atoms. The molecule has 0 aromatic rings. The summed E-state index contributed by atoms with van der Waals surface area (Å²) in [4.78, 5) is 18.9. The molecule has 0 spiro atoms. The molecule has 0 aromatic heterocycles. The van der Waals surface area contributed by atoms with Crippen molar-refractivity contribution in [3.8, 4) is 0 Å². The van der Waals surface area contributed by atoms with Gasteiger partial charge in [0.2, 0.25) is 0 Å². The summed E-state index contributed by atoms with van der Waals surface area (Å²) in [6, 6.07) is 0. The summed E-state index contributed by atoms with van der Waals surface area (Å²) < 4.78 is 19.5. The summed E-state index contributed by atoms with van der Waals surface area (Å²) in [5, 5.41) is 0. The summed E-state index contributed by atoms with van der Waals surface area (Å²) >= 11 is 0. The van der Waals surface area contributed by atoms with Crippen LogP contribution in [0.4, 0.5) is 0 Å². The van der Waals surface area contributed by atoms with E-state index < -0.39 is 9.05 Å². The van der Waals surface area contributed by atoms with Crippen LogP contribution >= 0.6 is 9.90 Å². The average Bonchev–Trinajstić information content (AvgIpc) is 2.37. The molecule has 1 unspecified atom stereocenters. The van der Waals surface area contributed by atoms with Crippen LogP contribution in [0.2, 0.25) is 0 Å². The van der Waals surface area contributed by atoms with Crippen molar-refractivity contribution in [1.82, 2.24) is 0 Å². The van der Waals surface area contributed by atoms with E-state index in [1.807, 2.05) is 0 Å². The highest BCUT2D eigenvalue weighted by molar-refractivity contribution is 6.92. The second-order valence-corrected chi connectivity index (χ2v) is 4.13. The zero-order valence-corrected chi connectivity index (χ0v) is 13.7. The van der Waals surface area contributed by atoms with Gasteiger partial charge >= 0.3 is 9.05 Å². The molecule has 0 bridgehead atoms. The van der Waals surface area contributed by atoms with Crippen LogP contribution in [0.15, 0.2) is 0 Å². The van der Waals surface area contributed by atoms with E-state index in [4.69, 9.17) is 37.9 Å². The normalized spacial score (nSPS) is 10.7. The molecule has 0 saturated heterocycles. The molecule has 0 N–H and O–H groups in total. The van der Waals surface area contributed by atoms with Crippen LogP contribution in [0, 0.1) is 0 Å². The lowest BCUT2D eigenvalue weighted by Crippen LogP contribution is -2.49. The molecule has 0 saturated carbocycles. The van der Waals surface area contributed by atoms with Crippen molar-refractivity contribution in [1.29, 1.82) is 0 Å². The van der Waals surface area contributed by atoms with Gasteiger partial charge in [-0.3, -0.25) is 0 Å². The molecule has 11 heteroatoms. The van der Waals surface area contributed by atoms with Crippen LogP contribution in [0.3, 0.4) is 0 Å². The van der Waals surface area contributed by atoms with Gasteiger partial charge in [0.25, 0.3) is 0 Å². The van der Waals surface area contributed by atoms with Gasteiger partial charge in [0.1, 0.15) is 0 Å². The molecule has 8 nitrogen and oxygen atoms in total. The minimum Gasteiger partial charge on any atom is -0.242 e. The third kappa shape index (κ3) is 11.9. The topological polar surface area (TPSA) is 73.8 Å². The van der Waals surface area contributed by atoms with Crippen molar-refractivity contribution < 1.29 is 37.9 Å². The van der Waals surface area contributed by atoms with Gasteiger partial charge in [-0.15, -0.1) is 0 Å². The highest BCUT2D eigenvalue weighted by Crippen LogP contribution is 2.14. The van der Waals surface area contributed by atoms with Gasteiger partial charge in [-0.1, -0.05) is 0 Å². The lowest BCUT2D eigenvalue weighted by atomic mass is 10.8. The standard InChI is InChI=1S/C8H20O8Si.BH3.H3P/c1-5-9-13-17(14-10-6-2,15-11-7-3)16-12-8-4;;/h5-8H2,1-4H3;2*1H3. The average molecular weight is 320 g/mol. The third-order valence-corrected chi connectivity index (χ3v) is 2.40. The van der Waals surface area contributed by atoms with E-state index in [1.165, 1.54) is 0 Å². The first-order valence-corrected chi connectivity index (χ1v) is 7.10. The van der Waals surface area contributed by atoms with E-state index in [0.29, 0.717) is 0 Å². The molecular weight excluding hydrogens is 294 g/mol. The highest BCUT2D eigenvalue weighted by atomic mass is 31.0. The lowest BCUT2D eigenvalue weighted by Gasteiger charge is -2.22. The summed E-state index contributed by atoms with van der Waals surface area (Å²) in [6.07, 6.45) is 0. The predicted octanol–water partition coefficient (Wildman–Crippen LogP) is 0.169. The Morgan fingerprint density at radius 2 is 0.789 bits per heavy atom. The Labute approximate surface area is 120 Å². The van der Waals surface area contributed by atoms with Gasteiger partial charge in [0.15, 0.2) is 0 Å². The van der Waals surface area contributed by atoms with Gasteiger partial charge in [0, 0.05) is 0 Å². The third-order valence-electron chi connectivity index (χ3n) is 1.12. The Hall–Kier alpha value is 0.392. The van der Waals surface area contributed by atoms with Crippen molar-refractivity contribution in [3.05, 3.63) is 0 Å². The molecule has 0 fully saturated rings. The predicted molar refractivity (Wildman–Crippen MR) is 77.6 cm³/mol. The molecule has 0 aromatic carbocycles. The first-order chi connectivity index (χ1) is 8.24. The summed E-state index contributed by atoms with van der Waals surface area (Å²) in [6.45, 7) is 7.99. The summed E-state index contributed by atoms with van der Waals surface area (Å²) in [7, 11) is -3.77. The largest absolute Gasteiger partial charge is 0.792 e. The number of hydrogen-bond donors (Lipinski definition) is 0. The molecule has 0 aliphatic rings. The second kappa shape index (κ2) is 16.4. The quantitative estimate of drug-likeness (QED) is 0.218. The maximum Gasteiger partial charge on any atom is 0.792 e. The Morgan fingerprint density at radius 3 is 0.947 bits per heavy atom. The van der Waals surface area contributed by atoms with E-state index in [0.717, 1.165) is 0 Å². The molecule has 0 aliphatic carbocycles. The fourth-order valence-corrected chi connectivity index (χ4v) is 1.82. The number of hydrogen-bond acceptors (Lipinski definition) is 8. The Balaban J connectivity index is -0.00000128.